The average molecular weight is 333 g/mol. The number of fused-ring (bicyclic) bond motifs is 1. The maximum absolute atomic E-state index is 11.4. The molecule has 0 radical (unpaired) electrons. The van der Waals surface area contributed by atoms with E-state index in [2.05, 4.69) is 14.5 Å². The van der Waals surface area contributed by atoms with E-state index >= 15 is 0 Å². The van der Waals surface area contributed by atoms with Gasteiger partial charge in [0.2, 0.25) is 0 Å². The van der Waals surface area contributed by atoms with E-state index in [0.29, 0.717) is 17.3 Å². The average Bonchev–Trinajstić information content (AvgIpc) is 3.22. The highest BCUT2D eigenvalue weighted by atomic mass is 16.4. The summed E-state index contributed by atoms with van der Waals surface area (Å²) in [5.41, 5.74) is 4.56. The first-order valence-corrected chi connectivity index (χ1v) is 8.71. The van der Waals surface area contributed by atoms with Crippen LogP contribution in [0.25, 0.3) is 22.4 Å². The quantitative estimate of drug-likeness (QED) is 0.747. The van der Waals surface area contributed by atoms with Crippen molar-refractivity contribution in [2.45, 2.75) is 31.6 Å². The number of rotatable bonds is 3. The second-order valence-electron chi connectivity index (χ2n) is 6.92. The predicted octanol–water partition coefficient (Wildman–Crippen LogP) is 2.25. The number of nitrogens with zero attached hydrogens (tertiary/aromatic N) is 3. The smallest absolute Gasteiger partial charge is 0.335 e. The predicted molar refractivity (Wildman–Crippen MR) is 100 cm³/mol. The molecular formula is C19H20BN3O2. The van der Waals surface area contributed by atoms with Gasteiger partial charge in [-0.25, -0.2) is 14.8 Å². The molecule has 0 unspecified atom stereocenters. The Labute approximate surface area is 147 Å². The fourth-order valence-electron chi connectivity index (χ4n) is 4.01. The number of aromatic nitrogens is 3. The lowest BCUT2D eigenvalue weighted by Crippen LogP contribution is -2.08. The number of hydrogen-bond donors (Lipinski definition) is 1. The Morgan fingerprint density at radius 1 is 1.24 bits per heavy atom. The lowest BCUT2D eigenvalue weighted by atomic mass is 9.93. The number of aromatic carboxylic acids is 1. The van der Waals surface area contributed by atoms with Crippen LogP contribution in [0.5, 0.6) is 0 Å². The summed E-state index contributed by atoms with van der Waals surface area (Å²) in [5, 5.41) is 10.5. The summed E-state index contributed by atoms with van der Waals surface area (Å²) in [7, 11) is 3.95. The van der Waals surface area contributed by atoms with Gasteiger partial charge >= 0.3 is 5.97 Å². The maximum Gasteiger partial charge on any atom is 0.335 e. The molecule has 4 rings (SSSR count). The van der Waals surface area contributed by atoms with Crippen LogP contribution in [0, 0.1) is 0 Å². The Hall–Kier alpha value is -2.63. The Morgan fingerprint density at radius 2 is 1.92 bits per heavy atom. The molecule has 0 atom stereocenters. The van der Waals surface area contributed by atoms with Gasteiger partial charge in [-0.15, -0.1) is 0 Å². The highest BCUT2D eigenvalue weighted by molar-refractivity contribution is 6.31. The maximum atomic E-state index is 11.4. The molecule has 1 fully saturated rings. The number of carboxylic acids is 1. The minimum atomic E-state index is -0.904. The van der Waals surface area contributed by atoms with Crippen molar-refractivity contribution >= 4 is 30.2 Å². The Bertz CT molecular complexity index is 957. The highest BCUT2D eigenvalue weighted by Gasteiger charge is 2.27. The van der Waals surface area contributed by atoms with Crippen molar-refractivity contribution in [3.05, 3.63) is 41.7 Å². The largest absolute Gasteiger partial charge is 0.478 e. The summed E-state index contributed by atoms with van der Waals surface area (Å²) >= 11 is 0. The molecule has 1 saturated carbocycles. The first kappa shape index (κ1) is 15.9. The molecule has 1 aliphatic rings. The molecule has 0 amide bonds. The van der Waals surface area contributed by atoms with Crippen LogP contribution < -0.4 is 5.46 Å². The zero-order valence-electron chi connectivity index (χ0n) is 14.5. The molecule has 0 saturated heterocycles. The van der Waals surface area contributed by atoms with E-state index in [1.54, 1.807) is 12.1 Å². The molecule has 5 nitrogen and oxygen atoms in total. The lowest BCUT2D eigenvalue weighted by Gasteiger charge is -2.12. The third kappa shape index (κ3) is 2.62. The van der Waals surface area contributed by atoms with Gasteiger partial charge in [-0.2, -0.15) is 0 Å². The van der Waals surface area contributed by atoms with E-state index in [1.165, 1.54) is 31.2 Å². The molecule has 25 heavy (non-hydrogen) atoms. The molecule has 2 aromatic heterocycles. The van der Waals surface area contributed by atoms with E-state index in [-0.39, 0.29) is 0 Å². The van der Waals surface area contributed by atoms with Crippen molar-refractivity contribution in [1.29, 1.82) is 0 Å². The summed E-state index contributed by atoms with van der Waals surface area (Å²) in [5.74, 6) is 0.293. The summed E-state index contributed by atoms with van der Waals surface area (Å²) in [6.45, 7) is 0. The molecule has 6 heteroatoms. The fraction of sp³-hybridized carbons (Fsp3) is 0.316. The second-order valence-corrected chi connectivity index (χ2v) is 6.92. The minimum Gasteiger partial charge on any atom is -0.478 e. The SMILES string of the molecule is Bc1cnc(-c2c(C3CCCC3)c3ccc(C(=O)O)cc3n2C)nc1. The Kier molecular flexibility index (Phi) is 3.83. The molecule has 0 aliphatic heterocycles. The molecule has 2 heterocycles. The third-order valence-corrected chi connectivity index (χ3v) is 5.24. The molecule has 1 N–H and O–H groups in total. The van der Waals surface area contributed by atoms with E-state index < -0.39 is 5.97 Å². The van der Waals surface area contributed by atoms with Gasteiger partial charge in [0.25, 0.3) is 0 Å². The van der Waals surface area contributed by atoms with Crippen molar-refractivity contribution in [2.24, 2.45) is 7.05 Å². The van der Waals surface area contributed by atoms with Crippen LogP contribution in [-0.4, -0.2) is 33.5 Å². The third-order valence-electron chi connectivity index (χ3n) is 5.24. The van der Waals surface area contributed by atoms with Gasteiger partial charge in [-0.3, -0.25) is 0 Å². The van der Waals surface area contributed by atoms with Crippen molar-refractivity contribution in [1.82, 2.24) is 14.5 Å². The molecular weight excluding hydrogens is 313 g/mol. The van der Waals surface area contributed by atoms with Gasteiger partial charge in [0.1, 0.15) is 7.85 Å². The molecule has 1 aromatic carbocycles. The number of hydrogen-bond acceptors (Lipinski definition) is 3. The van der Waals surface area contributed by atoms with Gasteiger partial charge in [0.15, 0.2) is 5.82 Å². The van der Waals surface area contributed by atoms with Gasteiger partial charge < -0.3 is 9.67 Å². The van der Waals surface area contributed by atoms with Crippen molar-refractivity contribution in [3.63, 3.8) is 0 Å². The lowest BCUT2D eigenvalue weighted by molar-refractivity contribution is 0.0697. The number of benzene rings is 1. The molecule has 0 bridgehead atoms. The zero-order valence-corrected chi connectivity index (χ0v) is 14.5. The summed E-state index contributed by atoms with van der Waals surface area (Å²) in [4.78, 5) is 20.5. The van der Waals surface area contributed by atoms with Crippen LogP contribution in [0.2, 0.25) is 0 Å². The topological polar surface area (TPSA) is 68.0 Å². The van der Waals surface area contributed by atoms with Crippen LogP contribution in [0.1, 0.15) is 47.5 Å². The van der Waals surface area contributed by atoms with Crippen LogP contribution >= 0.6 is 0 Å². The van der Waals surface area contributed by atoms with Crippen molar-refractivity contribution in [2.75, 3.05) is 0 Å². The van der Waals surface area contributed by atoms with Gasteiger partial charge in [-0.05, 0) is 36.5 Å². The normalized spacial score (nSPS) is 15.1. The second kappa shape index (κ2) is 6.03. The first-order valence-electron chi connectivity index (χ1n) is 8.71. The van der Waals surface area contributed by atoms with Crippen LogP contribution in [0.3, 0.4) is 0 Å². The Morgan fingerprint density at radius 3 is 2.56 bits per heavy atom. The molecule has 0 spiro atoms. The molecule has 126 valence electrons. The van der Waals surface area contributed by atoms with Crippen LogP contribution in [0.15, 0.2) is 30.6 Å². The van der Waals surface area contributed by atoms with E-state index in [1.807, 2.05) is 33.4 Å². The monoisotopic (exact) mass is 333 g/mol. The van der Waals surface area contributed by atoms with Crippen LogP contribution in [0.4, 0.5) is 0 Å². The van der Waals surface area contributed by atoms with Gasteiger partial charge in [-0.1, -0.05) is 24.4 Å². The number of aryl methyl sites for hydroxylation is 1. The fourth-order valence-corrected chi connectivity index (χ4v) is 4.01. The van der Waals surface area contributed by atoms with Crippen molar-refractivity contribution in [3.8, 4) is 11.5 Å². The number of carbonyl (C=O) groups is 1. The Balaban J connectivity index is 2.01. The highest BCUT2D eigenvalue weighted by Crippen LogP contribution is 2.43. The van der Waals surface area contributed by atoms with Gasteiger partial charge in [0, 0.05) is 30.3 Å². The summed E-state index contributed by atoms with van der Waals surface area (Å²) in [6, 6.07) is 5.40. The van der Waals surface area contributed by atoms with E-state index in [4.69, 9.17) is 0 Å². The zero-order chi connectivity index (χ0) is 17.6. The van der Waals surface area contributed by atoms with Crippen LogP contribution in [-0.2, 0) is 7.05 Å². The van der Waals surface area contributed by atoms with Crippen molar-refractivity contribution < 1.29 is 9.90 Å². The summed E-state index contributed by atoms with van der Waals surface area (Å²) < 4.78 is 2.06. The molecule has 3 aromatic rings. The van der Waals surface area contributed by atoms with E-state index in [9.17, 15) is 9.90 Å². The molecule has 1 aliphatic carbocycles. The minimum absolute atomic E-state index is 0.308. The van der Waals surface area contributed by atoms with Gasteiger partial charge in [0.05, 0.1) is 11.3 Å². The van der Waals surface area contributed by atoms with E-state index in [0.717, 1.165) is 22.1 Å². The first-order chi connectivity index (χ1) is 12.1. The standard InChI is InChI=1S/C19H20BN3O2/c1-23-15-8-12(19(24)25)6-7-14(15)16(11-4-2-3-5-11)17(23)18-21-9-13(20)10-22-18/h6-11H,2-5,20H2,1H3,(H,24,25). The summed E-state index contributed by atoms with van der Waals surface area (Å²) in [6.07, 6.45) is 8.48. The number of carboxylic acid groups (broad SMARTS) is 1.